The first-order valence-corrected chi connectivity index (χ1v) is 6.22. The molecule has 0 aliphatic heterocycles. The third-order valence-corrected chi connectivity index (χ3v) is 2.72. The van der Waals surface area contributed by atoms with Crippen molar-refractivity contribution in [3.8, 4) is 0 Å². The molecular weight excluding hydrogens is 262 g/mol. The van der Waals surface area contributed by atoms with Gasteiger partial charge in [-0.2, -0.15) is 0 Å². The Kier molecular flexibility index (Phi) is 4.19. The number of carbonyl (C=O) groups excluding carboxylic acids is 2. The molecule has 1 fully saturated rings. The topological polar surface area (TPSA) is 108 Å². The maximum absolute atomic E-state index is 11.6. The van der Waals surface area contributed by atoms with Crippen molar-refractivity contribution in [2.75, 3.05) is 11.9 Å². The lowest BCUT2D eigenvalue weighted by atomic mass is 10.2. The van der Waals surface area contributed by atoms with Crippen LogP contribution < -0.4 is 16.0 Å². The zero-order chi connectivity index (χ0) is 14.5. The van der Waals surface area contributed by atoms with Crippen molar-refractivity contribution in [3.63, 3.8) is 0 Å². The third kappa shape index (κ3) is 4.27. The fourth-order valence-corrected chi connectivity index (χ4v) is 1.54. The van der Waals surface area contributed by atoms with Gasteiger partial charge in [0.25, 0.3) is 5.91 Å². The number of carboxylic acids is 1. The largest absolute Gasteiger partial charge is 0.480 e. The van der Waals surface area contributed by atoms with Gasteiger partial charge in [0, 0.05) is 17.3 Å². The molecule has 0 bridgehead atoms. The minimum Gasteiger partial charge on any atom is -0.480 e. The van der Waals surface area contributed by atoms with Crippen LogP contribution in [0.5, 0.6) is 0 Å². The maximum atomic E-state index is 11.6. The van der Waals surface area contributed by atoms with E-state index in [0.717, 1.165) is 12.8 Å². The molecule has 0 atom stereocenters. The van der Waals surface area contributed by atoms with E-state index in [1.807, 2.05) is 0 Å². The molecule has 1 aromatic carbocycles. The summed E-state index contributed by atoms with van der Waals surface area (Å²) in [5.41, 5.74) is 0.900. The highest BCUT2D eigenvalue weighted by atomic mass is 16.4. The molecule has 1 aliphatic carbocycles. The number of benzene rings is 1. The Morgan fingerprint density at radius 1 is 1.15 bits per heavy atom. The van der Waals surface area contributed by atoms with Gasteiger partial charge in [-0.15, -0.1) is 0 Å². The van der Waals surface area contributed by atoms with E-state index in [-0.39, 0.29) is 12.1 Å². The van der Waals surface area contributed by atoms with E-state index in [4.69, 9.17) is 5.11 Å². The van der Waals surface area contributed by atoms with Crippen LogP contribution in [-0.4, -0.2) is 35.6 Å². The van der Waals surface area contributed by atoms with Crippen molar-refractivity contribution in [2.24, 2.45) is 0 Å². The van der Waals surface area contributed by atoms with Gasteiger partial charge in [0.15, 0.2) is 0 Å². The van der Waals surface area contributed by atoms with Gasteiger partial charge in [-0.1, -0.05) is 0 Å². The van der Waals surface area contributed by atoms with Gasteiger partial charge in [-0.25, -0.2) is 4.79 Å². The number of rotatable bonds is 5. The predicted octanol–water partition coefficient (Wildman–Crippen LogP) is 0.785. The molecule has 2 rings (SSSR count). The molecule has 106 valence electrons. The molecule has 7 heteroatoms. The molecular formula is C13H15N3O4. The number of urea groups is 1. The van der Waals surface area contributed by atoms with Crippen molar-refractivity contribution in [2.45, 2.75) is 18.9 Å². The molecule has 1 saturated carbocycles. The van der Waals surface area contributed by atoms with E-state index in [2.05, 4.69) is 16.0 Å². The lowest BCUT2D eigenvalue weighted by molar-refractivity contribution is -0.135. The number of hydrogen-bond donors (Lipinski definition) is 4. The molecule has 0 heterocycles. The SMILES string of the molecule is O=C(O)CNC(=O)c1ccc(NC(=O)NC2CC2)cc1. The molecule has 0 saturated heterocycles. The normalized spacial score (nSPS) is 13.4. The summed E-state index contributed by atoms with van der Waals surface area (Å²) in [6.07, 6.45) is 2.02. The first kappa shape index (κ1) is 13.9. The van der Waals surface area contributed by atoms with Crippen molar-refractivity contribution >= 4 is 23.6 Å². The molecule has 0 aromatic heterocycles. The van der Waals surface area contributed by atoms with Gasteiger partial charge in [0.2, 0.25) is 0 Å². The number of amides is 3. The van der Waals surface area contributed by atoms with Gasteiger partial charge in [0.1, 0.15) is 6.54 Å². The van der Waals surface area contributed by atoms with Crippen molar-refractivity contribution in [3.05, 3.63) is 29.8 Å². The van der Waals surface area contributed by atoms with Crippen LogP contribution in [0.25, 0.3) is 0 Å². The van der Waals surface area contributed by atoms with Crippen LogP contribution in [0.1, 0.15) is 23.2 Å². The monoisotopic (exact) mass is 277 g/mol. The highest BCUT2D eigenvalue weighted by Crippen LogP contribution is 2.18. The molecule has 0 spiro atoms. The van der Waals surface area contributed by atoms with Crippen molar-refractivity contribution in [1.82, 2.24) is 10.6 Å². The predicted molar refractivity (Wildman–Crippen MR) is 71.6 cm³/mol. The minimum atomic E-state index is -1.10. The second kappa shape index (κ2) is 6.05. The summed E-state index contributed by atoms with van der Waals surface area (Å²) in [5.74, 6) is -1.57. The summed E-state index contributed by atoms with van der Waals surface area (Å²) in [6, 6.07) is 6.21. The van der Waals surface area contributed by atoms with Crippen LogP contribution in [0.4, 0.5) is 10.5 Å². The van der Waals surface area contributed by atoms with E-state index >= 15 is 0 Å². The van der Waals surface area contributed by atoms with E-state index in [1.165, 1.54) is 12.1 Å². The summed E-state index contributed by atoms with van der Waals surface area (Å²) in [6.45, 7) is -0.428. The minimum absolute atomic E-state index is 0.268. The van der Waals surface area contributed by atoms with Crippen molar-refractivity contribution < 1.29 is 19.5 Å². The second-order valence-electron chi connectivity index (χ2n) is 4.53. The van der Waals surface area contributed by atoms with Crippen LogP contribution >= 0.6 is 0 Å². The average Bonchev–Trinajstić information content (AvgIpc) is 3.20. The lowest BCUT2D eigenvalue weighted by Gasteiger charge is -2.07. The number of nitrogens with one attached hydrogen (secondary N) is 3. The fourth-order valence-electron chi connectivity index (χ4n) is 1.54. The number of anilines is 1. The van der Waals surface area contributed by atoms with Gasteiger partial charge in [0.05, 0.1) is 0 Å². The first-order chi connectivity index (χ1) is 9.54. The summed E-state index contributed by atoms with van der Waals surface area (Å²) in [4.78, 5) is 33.4. The van der Waals surface area contributed by atoms with Gasteiger partial charge in [-0.3, -0.25) is 9.59 Å². The van der Waals surface area contributed by atoms with Crippen molar-refractivity contribution in [1.29, 1.82) is 0 Å². The highest BCUT2D eigenvalue weighted by molar-refractivity contribution is 5.96. The van der Waals surface area contributed by atoms with Crippen LogP contribution in [0, 0.1) is 0 Å². The Morgan fingerprint density at radius 3 is 2.35 bits per heavy atom. The average molecular weight is 277 g/mol. The van der Waals surface area contributed by atoms with Crippen LogP contribution in [-0.2, 0) is 4.79 Å². The molecule has 1 aliphatic rings. The van der Waals surface area contributed by atoms with E-state index < -0.39 is 18.4 Å². The highest BCUT2D eigenvalue weighted by Gasteiger charge is 2.23. The zero-order valence-electron chi connectivity index (χ0n) is 10.7. The fraction of sp³-hybridized carbons (Fsp3) is 0.308. The van der Waals surface area contributed by atoms with Gasteiger partial charge in [-0.05, 0) is 37.1 Å². The third-order valence-electron chi connectivity index (χ3n) is 2.72. The summed E-state index contributed by atoms with van der Waals surface area (Å²) in [7, 11) is 0. The molecule has 3 amide bonds. The first-order valence-electron chi connectivity index (χ1n) is 6.22. The molecule has 0 unspecified atom stereocenters. The Labute approximate surface area is 115 Å². The lowest BCUT2D eigenvalue weighted by Crippen LogP contribution is -2.30. The van der Waals surface area contributed by atoms with Crippen LogP contribution in [0.3, 0.4) is 0 Å². The number of hydrogen-bond acceptors (Lipinski definition) is 3. The molecule has 1 aromatic rings. The molecule has 4 N–H and O–H groups in total. The van der Waals surface area contributed by atoms with Gasteiger partial charge < -0.3 is 21.1 Å². The zero-order valence-corrected chi connectivity index (χ0v) is 10.7. The number of carbonyl (C=O) groups is 3. The Balaban J connectivity index is 1.86. The smallest absolute Gasteiger partial charge is 0.322 e. The second-order valence-corrected chi connectivity index (χ2v) is 4.53. The van der Waals surface area contributed by atoms with Crippen LogP contribution in [0.2, 0.25) is 0 Å². The maximum Gasteiger partial charge on any atom is 0.322 e. The van der Waals surface area contributed by atoms with E-state index in [9.17, 15) is 14.4 Å². The molecule has 0 radical (unpaired) electrons. The molecule has 20 heavy (non-hydrogen) atoms. The quantitative estimate of drug-likeness (QED) is 0.638. The summed E-state index contributed by atoms with van der Waals surface area (Å²) >= 11 is 0. The van der Waals surface area contributed by atoms with E-state index in [0.29, 0.717) is 11.3 Å². The Morgan fingerprint density at radius 2 is 1.80 bits per heavy atom. The van der Waals surface area contributed by atoms with Crippen LogP contribution in [0.15, 0.2) is 24.3 Å². The number of carboxylic acid groups (broad SMARTS) is 1. The number of aliphatic carboxylic acids is 1. The Bertz CT molecular complexity index is 523. The molecule has 7 nitrogen and oxygen atoms in total. The Hall–Kier alpha value is -2.57. The summed E-state index contributed by atoms with van der Waals surface area (Å²) in [5, 5.41) is 16.1. The van der Waals surface area contributed by atoms with E-state index in [1.54, 1.807) is 12.1 Å². The van der Waals surface area contributed by atoms with Gasteiger partial charge >= 0.3 is 12.0 Å². The summed E-state index contributed by atoms with van der Waals surface area (Å²) < 4.78 is 0. The standard InChI is InChI=1S/C13H15N3O4/c17-11(18)7-14-12(19)8-1-3-9(4-2-8)15-13(20)16-10-5-6-10/h1-4,10H,5-7H2,(H,14,19)(H,17,18)(H2,15,16,20).